The Morgan fingerprint density at radius 1 is 1.19 bits per heavy atom. The van der Waals surface area contributed by atoms with Crippen LogP contribution in [0.2, 0.25) is 0 Å². The number of carbonyl (C=O) groups excluding carboxylic acids is 2. The standard InChI is InChI=1S/C25H33F3N4O5/c1-2-37-18-10-8-17(9-11-18)5-3-6-19(21(33)23(34)30-36)24(35)32-15-13-31(14-16-32)22-20(25(26,27)28)7-4-12-29-22/h4,7-12,19-22,33,36H,2-3,5-6,13-16H2,1H3,(H,30,34)/t19-,20?,21+,22?/m1/s1. The zero-order valence-corrected chi connectivity index (χ0v) is 20.6. The van der Waals surface area contributed by atoms with E-state index in [2.05, 4.69) is 4.99 Å². The number of dihydropyridines is 1. The monoisotopic (exact) mass is 526 g/mol. The zero-order valence-electron chi connectivity index (χ0n) is 20.6. The van der Waals surface area contributed by atoms with Crippen LogP contribution < -0.4 is 10.2 Å². The number of piperazine rings is 1. The van der Waals surface area contributed by atoms with Crippen molar-refractivity contribution in [2.45, 2.75) is 44.6 Å². The largest absolute Gasteiger partial charge is 0.494 e. The Bertz CT molecular complexity index is 962. The van der Waals surface area contributed by atoms with E-state index in [1.165, 1.54) is 22.7 Å². The van der Waals surface area contributed by atoms with Crippen LogP contribution in [0.15, 0.2) is 41.4 Å². The van der Waals surface area contributed by atoms with Crippen molar-refractivity contribution >= 4 is 18.0 Å². The number of hydroxylamine groups is 1. The molecule has 204 valence electrons. The molecular formula is C25H33F3N4O5. The fraction of sp³-hybridized carbons (Fsp3) is 0.560. The van der Waals surface area contributed by atoms with Gasteiger partial charge in [0, 0.05) is 32.4 Å². The van der Waals surface area contributed by atoms with Crippen molar-refractivity contribution in [2.75, 3.05) is 32.8 Å². The summed E-state index contributed by atoms with van der Waals surface area (Å²) in [5.41, 5.74) is 2.38. The van der Waals surface area contributed by atoms with E-state index in [0.29, 0.717) is 19.4 Å². The molecule has 3 rings (SSSR count). The first-order valence-corrected chi connectivity index (χ1v) is 12.3. The summed E-state index contributed by atoms with van der Waals surface area (Å²) in [5, 5.41) is 19.4. The summed E-state index contributed by atoms with van der Waals surface area (Å²) in [6, 6.07) is 7.47. The fourth-order valence-electron chi connectivity index (χ4n) is 4.65. The fourth-order valence-corrected chi connectivity index (χ4v) is 4.65. The lowest BCUT2D eigenvalue weighted by molar-refractivity contribution is -0.179. The number of hydrogen-bond donors (Lipinski definition) is 3. The molecule has 9 nitrogen and oxygen atoms in total. The molecule has 0 saturated carbocycles. The summed E-state index contributed by atoms with van der Waals surface area (Å²) < 4.78 is 45.7. The summed E-state index contributed by atoms with van der Waals surface area (Å²) in [6.45, 7) is 3.02. The minimum Gasteiger partial charge on any atom is -0.494 e. The van der Waals surface area contributed by atoms with E-state index in [0.717, 1.165) is 17.4 Å². The summed E-state index contributed by atoms with van der Waals surface area (Å²) in [6.07, 6.45) is -2.36. The SMILES string of the molecule is CCOc1ccc(CCC[C@@H](C(=O)N2CCN(C3N=CC=CC3C(F)(F)F)CC2)[C@H](O)C(=O)NO)cc1. The number of aliphatic hydroxyl groups excluding tert-OH is 1. The lowest BCUT2D eigenvalue weighted by Crippen LogP contribution is -2.57. The Morgan fingerprint density at radius 3 is 2.46 bits per heavy atom. The zero-order chi connectivity index (χ0) is 27.0. The lowest BCUT2D eigenvalue weighted by Gasteiger charge is -2.41. The molecule has 2 aliphatic heterocycles. The molecule has 12 heteroatoms. The molecule has 2 heterocycles. The van der Waals surface area contributed by atoms with E-state index in [1.807, 2.05) is 31.2 Å². The summed E-state index contributed by atoms with van der Waals surface area (Å²) >= 11 is 0. The van der Waals surface area contributed by atoms with Crippen LogP contribution in [0.3, 0.4) is 0 Å². The third-order valence-corrected chi connectivity index (χ3v) is 6.63. The predicted octanol–water partition coefficient (Wildman–Crippen LogP) is 2.18. The molecule has 0 aliphatic carbocycles. The summed E-state index contributed by atoms with van der Waals surface area (Å²) in [4.78, 5) is 32.2. The number of ether oxygens (including phenoxy) is 1. The third kappa shape index (κ3) is 7.53. The van der Waals surface area contributed by atoms with Crippen molar-refractivity contribution in [3.63, 3.8) is 0 Å². The van der Waals surface area contributed by atoms with Gasteiger partial charge in [0.1, 0.15) is 23.9 Å². The maximum Gasteiger partial charge on any atom is 0.398 e. The second-order valence-corrected chi connectivity index (χ2v) is 9.02. The normalized spacial score (nSPS) is 21.9. The van der Waals surface area contributed by atoms with Crippen molar-refractivity contribution in [3.8, 4) is 5.75 Å². The maximum atomic E-state index is 13.4. The molecule has 1 saturated heterocycles. The van der Waals surface area contributed by atoms with Crippen molar-refractivity contribution in [1.82, 2.24) is 15.3 Å². The van der Waals surface area contributed by atoms with E-state index in [4.69, 9.17) is 9.94 Å². The molecule has 2 amide bonds. The summed E-state index contributed by atoms with van der Waals surface area (Å²) in [7, 11) is 0. The van der Waals surface area contributed by atoms with Crippen LogP contribution in [0, 0.1) is 11.8 Å². The molecule has 4 atom stereocenters. The Labute approximate surface area is 213 Å². The first kappa shape index (κ1) is 28.6. The number of aliphatic hydroxyl groups is 1. The molecule has 0 aromatic heterocycles. The van der Waals surface area contributed by atoms with Crippen molar-refractivity contribution in [3.05, 3.63) is 42.0 Å². The van der Waals surface area contributed by atoms with Crippen LogP contribution in [-0.4, -0.2) is 89.4 Å². The van der Waals surface area contributed by atoms with Gasteiger partial charge in [0.25, 0.3) is 5.91 Å². The van der Waals surface area contributed by atoms with Crippen molar-refractivity contribution < 1.29 is 37.8 Å². The van der Waals surface area contributed by atoms with Crippen LogP contribution in [0.4, 0.5) is 13.2 Å². The van der Waals surface area contributed by atoms with Gasteiger partial charge >= 0.3 is 6.18 Å². The van der Waals surface area contributed by atoms with Crippen LogP contribution in [-0.2, 0) is 16.0 Å². The first-order valence-electron chi connectivity index (χ1n) is 12.3. The number of alkyl halides is 3. The van der Waals surface area contributed by atoms with E-state index in [9.17, 15) is 27.9 Å². The highest BCUT2D eigenvalue weighted by atomic mass is 19.4. The predicted molar refractivity (Wildman–Crippen MR) is 129 cm³/mol. The highest BCUT2D eigenvalue weighted by molar-refractivity contribution is 5.88. The topological polar surface area (TPSA) is 115 Å². The molecule has 0 radical (unpaired) electrons. The highest BCUT2D eigenvalue weighted by Gasteiger charge is 2.46. The number of aryl methyl sites for hydroxylation is 1. The molecule has 2 aliphatic rings. The quantitative estimate of drug-likeness (QED) is 0.318. The van der Waals surface area contributed by atoms with Crippen LogP contribution in [0.25, 0.3) is 0 Å². The van der Waals surface area contributed by atoms with Gasteiger partial charge in [-0.2, -0.15) is 13.2 Å². The Kier molecular flexibility index (Phi) is 10.1. The van der Waals surface area contributed by atoms with Gasteiger partial charge < -0.3 is 14.7 Å². The second-order valence-electron chi connectivity index (χ2n) is 9.02. The first-order chi connectivity index (χ1) is 17.7. The Hall–Kier alpha value is -2.96. The molecule has 37 heavy (non-hydrogen) atoms. The van der Waals surface area contributed by atoms with Gasteiger partial charge in [-0.3, -0.25) is 24.7 Å². The molecule has 0 bridgehead atoms. The minimum absolute atomic E-state index is 0.127. The number of nitrogens with one attached hydrogen (secondary N) is 1. The van der Waals surface area contributed by atoms with Crippen LogP contribution in [0.1, 0.15) is 25.3 Å². The number of aliphatic imine (C=N–C) groups is 1. The number of amides is 2. The van der Waals surface area contributed by atoms with Gasteiger partial charge in [-0.05, 0) is 50.0 Å². The van der Waals surface area contributed by atoms with Gasteiger partial charge in [0.2, 0.25) is 5.91 Å². The molecule has 2 unspecified atom stereocenters. The van der Waals surface area contributed by atoms with Crippen molar-refractivity contribution in [1.29, 1.82) is 0 Å². The van der Waals surface area contributed by atoms with E-state index in [1.54, 1.807) is 4.90 Å². The van der Waals surface area contributed by atoms with E-state index < -0.39 is 42.1 Å². The van der Waals surface area contributed by atoms with E-state index in [-0.39, 0.29) is 32.6 Å². The Balaban J connectivity index is 1.60. The molecule has 1 aromatic rings. The summed E-state index contributed by atoms with van der Waals surface area (Å²) in [5.74, 6) is -3.67. The highest BCUT2D eigenvalue weighted by Crippen LogP contribution is 2.34. The number of halogens is 3. The van der Waals surface area contributed by atoms with Crippen LogP contribution >= 0.6 is 0 Å². The number of benzene rings is 1. The Morgan fingerprint density at radius 2 is 1.86 bits per heavy atom. The number of nitrogens with zero attached hydrogens (tertiary/aromatic N) is 3. The van der Waals surface area contributed by atoms with Gasteiger partial charge in [-0.1, -0.05) is 18.2 Å². The van der Waals surface area contributed by atoms with Crippen molar-refractivity contribution in [2.24, 2.45) is 16.8 Å². The average Bonchev–Trinajstić information content (AvgIpc) is 2.90. The van der Waals surface area contributed by atoms with E-state index >= 15 is 0 Å². The smallest absolute Gasteiger partial charge is 0.398 e. The number of hydrogen-bond acceptors (Lipinski definition) is 7. The van der Waals surface area contributed by atoms with Crippen LogP contribution in [0.5, 0.6) is 5.75 Å². The molecular weight excluding hydrogens is 493 g/mol. The molecule has 1 aromatic carbocycles. The van der Waals surface area contributed by atoms with Gasteiger partial charge in [0.05, 0.1) is 12.5 Å². The average molecular weight is 527 g/mol. The maximum absolute atomic E-state index is 13.4. The molecule has 3 N–H and O–H groups in total. The van der Waals surface area contributed by atoms with Gasteiger partial charge in [-0.15, -0.1) is 0 Å². The number of carbonyl (C=O) groups is 2. The third-order valence-electron chi connectivity index (χ3n) is 6.63. The molecule has 0 spiro atoms. The number of rotatable bonds is 10. The van der Waals surface area contributed by atoms with Gasteiger partial charge in [0.15, 0.2) is 0 Å². The second kappa shape index (κ2) is 13.0. The van der Waals surface area contributed by atoms with Gasteiger partial charge in [-0.25, -0.2) is 5.48 Å². The number of allylic oxidation sites excluding steroid dienone is 1. The lowest BCUT2D eigenvalue weighted by atomic mass is 9.92. The molecule has 1 fully saturated rings. The minimum atomic E-state index is -4.44.